The van der Waals surface area contributed by atoms with Gasteiger partial charge in [0.2, 0.25) is 5.96 Å². The van der Waals surface area contributed by atoms with E-state index >= 15 is 0 Å². The van der Waals surface area contributed by atoms with Gasteiger partial charge in [0, 0.05) is 6.54 Å². The number of alkyl carbamates (subject to hydrolysis) is 1. The van der Waals surface area contributed by atoms with Crippen molar-refractivity contribution in [3.63, 3.8) is 0 Å². The minimum Gasteiger partial charge on any atom is -0.744 e. The van der Waals surface area contributed by atoms with Gasteiger partial charge in [0.25, 0.3) is 0 Å². The number of carbonyl (C=O) groups is 2. The molecule has 16 heteroatoms. The first kappa shape index (κ1) is 28.7. The third-order valence-corrected chi connectivity index (χ3v) is 4.20. The number of nitrogens with two attached hydrogens (primary N) is 1. The summed E-state index contributed by atoms with van der Waals surface area (Å²) in [5, 5.41) is 59.3. The normalized spacial score (nSPS) is 27.1. The molecule has 9 N–H and O–H groups in total. The zero-order valence-corrected chi connectivity index (χ0v) is 18.4. The Morgan fingerprint density at radius 1 is 1.21 bits per heavy atom. The van der Waals surface area contributed by atoms with Crippen LogP contribution in [-0.4, -0.2) is 104 Å². The van der Waals surface area contributed by atoms with E-state index in [-0.39, 0.29) is 25.3 Å². The number of esters is 1. The molecule has 0 bridgehead atoms. The average Bonchev–Trinajstić information content (AvgIpc) is 2.68. The van der Waals surface area contributed by atoms with Crippen LogP contribution in [0.1, 0.15) is 33.6 Å². The number of amides is 1. The van der Waals surface area contributed by atoms with Crippen LogP contribution in [0, 0.1) is 5.21 Å². The number of hydrogen-bond donors (Lipinski definition) is 8. The maximum Gasteiger partial charge on any atom is 0.408 e. The number of aliphatic hydroxyl groups excluding tert-OH is 4. The summed E-state index contributed by atoms with van der Waals surface area (Å²) in [6, 6.07) is -1.22. The number of carbonyl (C=O) groups excluding carboxylic acids is 2. The van der Waals surface area contributed by atoms with Crippen LogP contribution in [0.2, 0.25) is 0 Å². The third kappa shape index (κ3) is 10.4. The zero-order valence-electron chi connectivity index (χ0n) is 18.4. The standard InChI is InChI=1S/C17H32N5O11/c1-17(2,3)33-16(28)20-8(5-4-6-19-15(18)21-22(29)30)13(26)31-7-9-10(23)11(24)12(25)14(27)32-9/h8-12,14,23-25,27,29H,4-7H2,1-3H3,(H,20,28)(H3,18,19,21)/q-1/t8-,9-,10+,11-,12+,14+/m1/s1. The lowest BCUT2D eigenvalue weighted by Crippen LogP contribution is -2.59. The number of rotatable bonds is 9. The fourth-order valence-electron chi connectivity index (χ4n) is 2.66. The number of nitrogens with zero attached hydrogens (tertiary/aromatic N) is 2. The highest BCUT2D eigenvalue weighted by Crippen LogP contribution is 2.20. The topological polar surface area (TPSA) is 252 Å². The van der Waals surface area contributed by atoms with E-state index in [2.05, 4.69) is 10.3 Å². The van der Waals surface area contributed by atoms with E-state index in [4.69, 9.17) is 25.2 Å². The molecule has 0 aromatic rings. The first-order valence-electron chi connectivity index (χ1n) is 9.98. The Hall–Kier alpha value is -2.31. The molecule has 16 nitrogen and oxygen atoms in total. The monoisotopic (exact) mass is 482 g/mol. The first-order valence-corrected chi connectivity index (χ1v) is 9.98. The number of aliphatic hydroxyl groups is 4. The van der Waals surface area contributed by atoms with E-state index in [9.17, 15) is 35.2 Å². The molecule has 1 amide bonds. The molecule has 0 aliphatic carbocycles. The summed E-state index contributed by atoms with van der Waals surface area (Å²) >= 11 is 0. The van der Waals surface area contributed by atoms with Crippen LogP contribution in [0.4, 0.5) is 4.79 Å². The highest BCUT2D eigenvalue weighted by molar-refractivity contribution is 5.81. The summed E-state index contributed by atoms with van der Waals surface area (Å²) < 4.78 is 15.1. The maximum absolute atomic E-state index is 12.5. The number of hydrazine groups is 1. The summed E-state index contributed by atoms with van der Waals surface area (Å²) in [7, 11) is 0. The Morgan fingerprint density at radius 2 is 1.85 bits per heavy atom. The summed E-state index contributed by atoms with van der Waals surface area (Å²) in [4.78, 5) is 28.4. The number of nitrogens with one attached hydrogen (secondary N) is 2. The van der Waals surface area contributed by atoms with E-state index in [1.54, 1.807) is 26.2 Å². The van der Waals surface area contributed by atoms with Crippen molar-refractivity contribution in [3.8, 4) is 0 Å². The van der Waals surface area contributed by atoms with Crippen molar-refractivity contribution in [2.75, 3.05) is 13.2 Å². The molecule has 1 saturated heterocycles. The molecule has 1 fully saturated rings. The molecule has 192 valence electrons. The van der Waals surface area contributed by atoms with Crippen molar-refractivity contribution in [2.45, 2.75) is 76.0 Å². The maximum atomic E-state index is 12.5. The lowest BCUT2D eigenvalue weighted by atomic mass is 9.99. The summed E-state index contributed by atoms with van der Waals surface area (Å²) in [6.45, 7) is 4.28. The smallest absolute Gasteiger partial charge is 0.408 e. The molecular formula is C17H32N5O11-. The van der Waals surface area contributed by atoms with E-state index in [1.807, 2.05) is 0 Å². The Labute approximate surface area is 189 Å². The molecule has 6 atom stereocenters. The van der Waals surface area contributed by atoms with Crippen LogP contribution in [-0.2, 0) is 19.0 Å². The fraction of sp³-hybridized carbons (Fsp3) is 0.824. The number of hydrogen-bond acceptors (Lipinski definition) is 13. The highest BCUT2D eigenvalue weighted by atomic mass is 16.8. The molecule has 0 saturated carbocycles. The van der Waals surface area contributed by atoms with E-state index in [0.29, 0.717) is 0 Å². The van der Waals surface area contributed by atoms with Gasteiger partial charge in [-0.1, -0.05) is 0 Å². The first-order chi connectivity index (χ1) is 15.2. The molecule has 1 rings (SSSR count). The van der Waals surface area contributed by atoms with Gasteiger partial charge in [0.15, 0.2) is 6.29 Å². The summed E-state index contributed by atoms with van der Waals surface area (Å²) in [6.07, 6.45) is -8.99. The van der Waals surface area contributed by atoms with Gasteiger partial charge in [0.1, 0.15) is 42.7 Å². The van der Waals surface area contributed by atoms with Crippen LogP contribution in [0.25, 0.3) is 0 Å². The molecule has 0 aromatic carbocycles. The predicted molar refractivity (Wildman–Crippen MR) is 109 cm³/mol. The van der Waals surface area contributed by atoms with Gasteiger partial charge in [-0.15, -0.1) is 0 Å². The fourth-order valence-corrected chi connectivity index (χ4v) is 2.66. The summed E-state index contributed by atoms with van der Waals surface area (Å²) in [5.41, 5.74) is 6.26. The Morgan fingerprint density at radius 3 is 2.42 bits per heavy atom. The zero-order chi connectivity index (χ0) is 25.3. The molecule has 0 spiro atoms. The SMILES string of the molecule is CC(C)(C)OC(=O)N[C@H](CCCN=C(N)NN([O-])O)C(=O)OC[C@H]1O[C@H](O)[C@@H](O)[C@H](O)[C@H]1O. The number of guanidine groups is 1. The second kappa shape index (κ2) is 12.8. The van der Waals surface area contributed by atoms with Crippen molar-refractivity contribution in [1.29, 1.82) is 0 Å². The lowest BCUT2D eigenvalue weighted by molar-refractivity contribution is -0.287. The van der Waals surface area contributed by atoms with Gasteiger partial charge < -0.3 is 56.1 Å². The lowest BCUT2D eigenvalue weighted by Gasteiger charge is -2.38. The van der Waals surface area contributed by atoms with Gasteiger partial charge in [-0.2, -0.15) is 5.34 Å². The van der Waals surface area contributed by atoms with E-state index in [0.717, 1.165) is 0 Å². The molecule has 1 heterocycles. The molecule has 0 aromatic heterocycles. The second-order valence-corrected chi connectivity index (χ2v) is 8.16. The Kier molecular flexibility index (Phi) is 11.1. The molecule has 1 aliphatic heterocycles. The molecular weight excluding hydrogens is 450 g/mol. The van der Waals surface area contributed by atoms with Crippen molar-refractivity contribution >= 4 is 18.0 Å². The molecule has 33 heavy (non-hydrogen) atoms. The third-order valence-electron chi connectivity index (χ3n) is 4.20. The van der Waals surface area contributed by atoms with Crippen LogP contribution in [0.3, 0.4) is 0 Å². The Balaban J connectivity index is 2.72. The van der Waals surface area contributed by atoms with Gasteiger partial charge in [-0.25, -0.2) is 9.59 Å². The minimum absolute atomic E-state index is 0.00683. The second-order valence-electron chi connectivity index (χ2n) is 8.16. The Bertz CT molecular complexity index is 672. The van der Waals surface area contributed by atoms with Crippen molar-refractivity contribution in [1.82, 2.24) is 16.1 Å². The highest BCUT2D eigenvalue weighted by Gasteiger charge is 2.43. The van der Waals surface area contributed by atoms with Crippen LogP contribution >= 0.6 is 0 Å². The van der Waals surface area contributed by atoms with E-state index < -0.39 is 66.4 Å². The molecule has 0 radical (unpaired) electrons. The van der Waals surface area contributed by atoms with Gasteiger partial charge in [-0.05, 0) is 33.6 Å². The number of aliphatic imine (C=N–C) groups is 1. The van der Waals surface area contributed by atoms with Crippen molar-refractivity contribution < 1.29 is 49.4 Å². The van der Waals surface area contributed by atoms with Crippen LogP contribution < -0.4 is 16.5 Å². The van der Waals surface area contributed by atoms with Crippen molar-refractivity contribution in [3.05, 3.63) is 5.21 Å². The van der Waals surface area contributed by atoms with Gasteiger partial charge >= 0.3 is 12.1 Å². The van der Waals surface area contributed by atoms with Crippen molar-refractivity contribution in [2.24, 2.45) is 10.7 Å². The van der Waals surface area contributed by atoms with Crippen LogP contribution in [0.5, 0.6) is 0 Å². The van der Waals surface area contributed by atoms with Gasteiger partial charge in [-0.3, -0.25) is 10.4 Å². The van der Waals surface area contributed by atoms with E-state index in [1.165, 1.54) is 0 Å². The quantitative estimate of drug-likeness (QED) is 0.0536. The number of ether oxygens (including phenoxy) is 3. The molecule has 1 aliphatic rings. The van der Waals surface area contributed by atoms with Gasteiger partial charge in [0.05, 0.1) is 0 Å². The van der Waals surface area contributed by atoms with Crippen LogP contribution in [0.15, 0.2) is 4.99 Å². The largest absolute Gasteiger partial charge is 0.744 e. The average molecular weight is 482 g/mol. The predicted octanol–water partition coefficient (Wildman–Crippen LogP) is -2.99. The molecule has 0 unspecified atom stereocenters. The minimum atomic E-state index is -1.80. The summed E-state index contributed by atoms with van der Waals surface area (Å²) in [5.74, 6) is -1.32.